The van der Waals surface area contributed by atoms with Gasteiger partial charge >= 0.3 is 12.0 Å². The summed E-state index contributed by atoms with van der Waals surface area (Å²) >= 11 is 0. The van der Waals surface area contributed by atoms with E-state index in [9.17, 15) is 9.59 Å². The molecule has 1 saturated heterocycles. The Kier molecular flexibility index (Phi) is 5.20. The number of hydrogen-bond acceptors (Lipinski definition) is 5. The minimum atomic E-state index is -0.971. The van der Waals surface area contributed by atoms with Crippen LogP contribution in [0.25, 0.3) is 0 Å². The molecule has 0 spiro atoms. The monoisotopic (exact) mass is 358 g/mol. The number of urea groups is 1. The summed E-state index contributed by atoms with van der Waals surface area (Å²) in [4.78, 5) is 29.6. The number of carbonyl (C=O) groups excluding carboxylic acids is 1. The third-order valence-corrected chi connectivity index (χ3v) is 4.41. The van der Waals surface area contributed by atoms with Crippen LogP contribution in [-0.4, -0.2) is 38.7 Å². The van der Waals surface area contributed by atoms with Crippen LogP contribution < -0.4 is 5.32 Å². The first kappa shape index (κ1) is 17.9. The van der Waals surface area contributed by atoms with Gasteiger partial charge in [0.1, 0.15) is 0 Å². The number of aromatic nitrogens is 2. The highest BCUT2D eigenvalue weighted by atomic mass is 16.5. The van der Waals surface area contributed by atoms with E-state index < -0.39 is 5.97 Å². The standard InChI is InChI=1S/C18H22N4O4/c1-11(2)16-20-15(21-26-16)14-4-3-9-22(14)18(25)19-10-12-5-7-13(8-6-12)17(23)24/h5-8,11,14H,3-4,9-10H2,1-2H3,(H,19,25)(H,23,24). The van der Waals surface area contributed by atoms with Crippen LogP contribution in [0.2, 0.25) is 0 Å². The molecule has 3 rings (SSSR count). The van der Waals surface area contributed by atoms with E-state index in [0.29, 0.717) is 24.8 Å². The summed E-state index contributed by atoms with van der Waals surface area (Å²) in [5.41, 5.74) is 1.05. The fourth-order valence-electron chi connectivity index (χ4n) is 2.94. The molecule has 1 aromatic carbocycles. The van der Waals surface area contributed by atoms with Crippen molar-refractivity contribution in [2.75, 3.05) is 6.54 Å². The van der Waals surface area contributed by atoms with Crippen LogP contribution in [0, 0.1) is 0 Å². The van der Waals surface area contributed by atoms with Crippen molar-refractivity contribution in [1.29, 1.82) is 0 Å². The number of nitrogens with one attached hydrogen (secondary N) is 1. The molecule has 0 saturated carbocycles. The van der Waals surface area contributed by atoms with Crippen LogP contribution in [0.5, 0.6) is 0 Å². The number of hydrogen-bond donors (Lipinski definition) is 2. The smallest absolute Gasteiger partial charge is 0.335 e. The Balaban J connectivity index is 1.61. The van der Waals surface area contributed by atoms with Crippen molar-refractivity contribution in [1.82, 2.24) is 20.4 Å². The molecule has 2 aromatic rings. The molecule has 0 bridgehead atoms. The lowest BCUT2D eigenvalue weighted by molar-refractivity contribution is 0.0697. The van der Waals surface area contributed by atoms with E-state index in [4.69, 9.17) is 9.63 Å². The normalized spacial score (nSPS) is 16.9. The Morgan fingerprint density at radius 2 is 2.08 bits per heavy atom. The molecule has 138 valence electrons. The van der Waals surface area contributed by atoms with E-state index in [0.717, 1.165) is 18.4 Å². The Bertz CT molecular complexity index is 785. The second kappa shape index (κ2) is 7.55. The zero-order chi connectivity index (χ0) is 18.7. The zero-order valence-electron chi connectivity index (χ0n) is 14.8. The van der Waals surface area contributed by atoms with Crippen molar-refractivity contribution < 1.29 is 19.2 Å². The molecular weight excluding hydrogens is 336 g/mol. The summed E-state index contributed by atoms with van der Waals surface area (Å²) in [7, 11) is 0. The van der Waals surface area contributed by atoms with E-state index in [1.54, 1.807) is 17.0 Å². The predicted octanol–water partition coefficient (Wildman–Crippen LogP) is 2.94. The quantitative estimate of drug-likeness (QED) is 0.850. The summed E-state index contributed by atoms with van der Waals surface area (Å²) in [6.45, 7) is 4.92. The maximum absolute atomic E-state index is 12.6. The van der Waals surface area contributed by atoms with Crippen LogP contribution in [0.1, 0.15) is 66.3 Å². The highest BCUT2D eigenvalue weighted by Crippen LogP contribution is 2.30. The molecule has 8 heteroatoms. The number of amides is 2. The van der Waals surface area contributed by atoms with Gasteiger partial charge in [0.25, 0.3) is 0 Å². The molecule has 2 heterocycles. The van der Waals surface area contributed by atoms with Crippen molar-refractivity contribution >= 4 is 12.0 Å². The third-order valence-electron chi connectivity index (χ3n) is 4.41. The van der Waals surface area contributed by atoms with Crippen molar-refractivity contribution in [3.63, 3.8) is 0 Å². The minimum absolute atomic E-state index is 0.147. The van der Waals surface area contributed by atoms with E-state index in [1.807, 2.05) is 13.8 Å². The average Bonchev–Trinajstić information content (AvgIpc) is 3.28. The fourth-order valence-corrected chi connectivity index (χ4v) is 2.94. The summed E-state index contributed by atoms with van der Waals surface area (Å²) in [6, 6.07) is 6.06. The molecular formula is C18H22N4O4. The van der Waals surface area contributed by atoms with Crippen molar-refractivity contribution in [3.8, 4) is 0 Å². The summed E-state index contributed by atoms with van der Waals surface area (Å²) in [5.74, 6) is 0.299. The minimum Gasteiger partial charge on any atom is -0.478 e. The van der Waals surface area contributed by atoms with Gasteiger partial charge in [-0.15, -0.1) is 0 Å². The van der Waals surface area contributed by atoms with Crippen molar-refractivity contribution in [3.05, 3.63) is 47.1 Å². The highest BCUT2D eigenvalue weighted by molar-refractivity contribution is 5.87. The van der Waals surface area contributed by atoms with Gasteiger partial charge in [-0.2, -0.15) is 4.98 Å². The molecule has 2 amide bonds. The lowest BCUT2D eigenvalue weighted by Gasteiger charge is -2.22. The molecule has 1 atom stereocenters. The number of aromatic carboxylic acids is 1. The SMILES string of the molecule is CC(C)c1nc(C2CCCN2C(=O)NCc2ccc(C(=O)O)cc2)no1. The molecule has 8 nitrogen and oxygen atoms in total. The number of likely N-dealkylation sites (tertiary alicyclic amines) is 1. The first-order valence-corrected chi connectivity index (χ1v) is 8.66. The van der Waals surface area contributed by atoms with Gasteiger partial charge in [-0.1, -0.05) is 31.1 Å². The molecule has 0 aliphatic carbocycles. The number of carboxylic acids is 1. The van der Waals surface area contributed by atoms with E-state index >= 15 is 0 Å². The Hall–Kier alpha value is -2.90. The summed E-state index contributed by atoms with van der Waals surface area (Å²) in [5, 5.41) is 15.8. The number of carboxylic acid groups (broad SMARTS) is 1. The van der Waals surface area contributed by atoms with Crippen LogP contribution in [0.3, 0.4) is 0 Å². The second-order valence-corrected chi connectivity index (χ2v) is 6.66. The maximum Gasteiger partial charge on any atom is 0.335 e. The van der Waals surface area contributed by atoms with Crippen molar-refractivity contribution in [2.45, 2.75) is 45.2 Å². The van der Waals surface area contributed by atoms with Gasteiger partial charge in [-0.3, -0.25) is 0 Å². The van der Waals surface area contributed by atoms with E-state index in [-0.39, 0.29) is 23.6 Å². The van der Waals surface area contributed by atoms with E-state index in [2.05, 4.69) is 15.5 Å². The average molecular weight is 358 g/mol. The molecule has 1 fully saturated rings. The van der Waals surface area contributed by atoms with Crippen LogP contribution >= 0.6 is 0 Å². The number of carbonyl (C=O) groups is 2. The molecule has 2 N–H and O–H groups in total. The largest absolute Gasteiger partial charge is 0.478 e. The van der Waals surface area contributed by atoms with Gasteiger partial charge in [0, 0.05) is 19.0 Å². The molecule has 26 heavy (non-hydrogen) atoms. The van der Waals surface area contributed by atoms with Crippen LogP contribution in [-0.2, 0) is 6.54 Å². The van der Waals surface area contributed by atoms with Gasteiger partial charge in [0.15, 0.2) is 5.82 Å². The number of rotatable bonds is 5. The molecule has 1 unspecified atom stereocenters. The lowest BCUT2D eigenvalue weighted by Crippen LogP contribution is -2.39. The Labute approximate surface area is 151 Å². The molecule has 1 aliphatic heterocycles. The lowest BCUT2D eigenvalue weighted by atomic mass is 10.1. The second-order valence-electron chi connectivity index (χ2n) is 6.66. The number of benzene rings is 1. The molecule has 0 radical (unpaired) electrons. The number of nitrogens with zero attached hydrogens (tertiary/aromatic N) is 3. The van der Waals surface area contributed by atoms with Crippen molar-refractivity contribution in [2.24, 2.45) is 0 Å². The Morgan fingerprint density at radius 1 is 1.35 bits per heavy atom. The first-order chi connectivity index (χ1) is 12.5. The van der Waals surface area contributed by atoms with Gasteiger partial charge < -0.3 is 19.8 Å². The zero-order valence-corrected chi connectivity index (χ0v) is 14.8. The highest BCUT2D eigenvalue weighted by Gasteiger charge is 2.33. The van der Waals surface area contributed by atoms with Crippen LogP contribution in [0.15, 0.2) is 28.8 Å². The van der Waals surface area contributed by atoms with Gasteiger partial charge in [-0.25, -0.2) is 9.59 Å². The summed E-state index contributed by atoms with van der Waals surface area (Å²) in [6.07, 6.45) is 1.69. The van der Waals surface area contributed by atoms with Gasteiger partial charge in [0.2, 0.25) is 5.89 Å². The third kappa shape index (κ3) is 3.84. The Morgan fingerprint density at radius 3 is 2.69 bits per heavy atom. The molecule has 1 aliphatic rings. The topological polar surface area (TPSA) is 109 Å². The fraction of sp³-hybridized carbons (Fsp3) is 0.444. The van der Waals surface area contributed by atoms with Gasteiger partial charge in [0.05, 0.1) is 11.6 Å². The van der Waals surface area contributed by atoms with Gasteiger partial charge in [-0.05, 0) is 30.5 Å². The van der Waals surface area contributed by atoms with Crippen LogP contribution in [0.4, 0.5) is 4.79 Å². The first-order valence-electron chi connectivity index (χ1n) is 8.66. The summed E-state index contributed by atoms with van der Waals surface area (Å²) < 4.78 is 5.26. The van der Waals surface area contributed by atoms with E-state index in [1.165, 1.54) is 12.1 Å². The molecule has 1 aromatic heterocycles. The maximum atomic E-state index is 12.6. The predicted molar refractivity (Wildman–Crippen MR) is 92.7 cm³/mol.